The van der Waals surface area contributed by atoms with Crippen LogP contribution in [0.2, 0.25) is 0 Å². The van der Waals surface area contributed by atoms with Gasteiger partial charge >= 0.3 is 6.03 Å². The fourth-order valence-corrected chi connectivity index (χ4v) is 2.63. The lowest BCUT2D eigenvalue weighted by molar-refractivity contribution is 0.0966. The number of carbonyl (C=O) groups is 2. The van der Waals surface area contributed by atoms with Crippen LogP contribution in [-0.4, -0.2) is 22.4 Å². The monoisotopic (exact) mass is 378 g/mol. The minimum Gasteiger partial charge on any atom is -0.487 e. The van der Waals surface area contributed by atoms with E-state index in [1.807, 2.05) is 19.1 Å². The number of anilines is 1. The van der Waals surface area contributed by atoms with Crippen molar-refractivity contribution in [3.8, 4) is 5.75 Å². The van der Waals surface area contributed by atoms with Crippen molar-refractivity contribution < 1.29 is 14.3 Å². The number of hydrogen-bond acceptors (Lipinski definition) is 3. The number of imide groups is 1. The van der Waals surface area contributed by atoms with E-state index >= 15 is 0 Å². The summed E-state index contributed by atoms with van der Waals surface area (Å²) in [4.78, 5) is 24.0. The van der Waals surface area contributed by atoms with Crippen LogP contribution in [-0.2, 0) is 0 Å². The number of urea groups is 1. The highest BCUT2D eigenvalue weighted by Gasteiger charge is 2.54. The molecule has 2 aromatic carbocycles. The molecule has 1 saturated carbocycles. The summed E-state index contributed by atoms with van der Waals surface area (Å²) in [7, 11) is 0. The molecular weight excluding hydrogens is 363 g/mol. The zero-order valence-corrected chi connectivity index (χ0v) is 14.9. The lowest BCUT2D eigenvalue weighted by Gasteiger charge is -2.10. The van der Waals surface area contributed by atoms with Crippen molar-refractivity contribution in [1.82, 2.24) is 5.32 Å². The number of benzene rings is 2. The Morgan fingerprint density at radius 3 is 2.36 bits per heavy atom. The number of alkyl halides is 2. The molecule has 1 aliphatic rings. The zero-order valence-electron chi connectivity index (χ0n) is 13.4. The van der Waals surface area contributed by atoms with Gasteiger partial charge in [0.15, 0.2) is 4.33 Å². The molecular formula is C18H16Cl2N2O3. The van der Waals surface area contributed by atoms with E-state index in [4.69, 9.17) is 27.9 Å². The lowest BCUT2D eigenvalue weighted by Crippen LogP contribution is -2.34. The molecule has 0 radical (unpaired) electrons. The van der Waals surface area contributed by atoms with Crippen molar-refractivity contribution in [3.63, 3.8) is 0 Å². The molecule has 0 heterocycles. The van der Waals surface area contributed by atoms with E-state index in [2.05, 4.69) is 10.6 Å². The molecule has 1 aliphatic carbocycles. The Balaban J connectivity index is 1.54. The van der Waals surface area contributed by atoms with E-state index in [0.29, 0.717) is 23.4 Å². The second kappa shape index (κ2) is 6.94. The Labute approximate surface area is 155 Å². The van der Waals surface area contributed by atoms with E-state index < -0.39 is 16.3 Å². The van der Waals surface area contributed by atoms with Crippen molar-refractivity contribution in [3.05, 3.63) is 59.7 Å². The number of nitrogens with one attached hydrogen (secondary N) is 2. The van der Waals surface area contributed by atoms with Crippen LogP contribution in [0, 0.1) is 6.92 Å². The maximum Gasteiger partial charge on any atom is 0.326 e. The largest absolute Gasteiger partial charge is 0.487 e. The molecule has 2 aromatic rings. The van der Waals surface area contributed by atoms with E-state index in [1.165, 1.54) is 0 Å². The number of amides is 3. The van der Waals surface area contributed by atoms with Gasteiger partial charge in [-0.2, -0.15) is 0 Å². The number of aryl methyl sites for hydroxylation is 1. The molecule has 0 aliphatic heterocycles. The maximum absolute atomic E-state index is 12.1. The number of hydrogen-bond donors (Lipinski definition) is 2. The minimum atomic E-state index is -0.813. The van der Waals surface area contributed by atoms with Crippen molar-refractivity contribution in [2.24, 2.45) is 0 Å². The van der Waals surface area contributed by atoms with Gasteiger partial charge in [0.1, 0.15) is 11.9 Å². The third kappa shape index (κ3) is 4.44. The van der Waals surface area contributed by atoms with Gasteiger partial charge in [0.05, 0.1) is 0 Å². The third-order valence-electron chi connectivity index (χ3n) is 3.78. The second-order valence-corrected chi connectivity index (χ2v) is 7.36. The molecule has 130 valence electrons. The van der Waals surface area contributed by atoms with Gasteiger partial charge in [-0.25, -0.2) is 4.79 Å². The van der Waals surface area contributed by atoms with Crippen molar-refractivity contribution in [2.45, 2.75) is 23.8 Å². The quantitative estimate of drug-likeness (QED) is 0.780. The Bertz CT molecular complexity index is 806. The summed E-state index contributed by atoms with van der Waals surface area (Å²) in [5.74, 6) is 0.153. The standard InChI is InChI=1S/C18H16Cl2N2O3/c1-11-4-2-3-5-14(11)16(23)22-17(24)21-12-6-8-13(9-7-12)25-15-10-18(15,19)20/h2-9,15H,10H2,1H3,(H2,21,22,23,24). The Morgan fingerprint density at radius 2 is 1.76 bits per heavy atom. The first-order chi connectivity index (χ1) is 11.8. The van der Waals surface area contributed by atoms with Crippen LogP contribution in [0.5, 0.6) is 5.75 Å². The molecule has 1 fully saturated rings. The van der Waals surface area contributed by atoms with Gasteiger partial charge in [-0.15, -0.1) is 0 Å². The average molecular weight is 379 g/mol. The predicted molar refractivity (Wildman–Crippen MR) is 97.6 cm³/mol. The molecule has 0 spiro atoms. The Morgan fingerprint density at radius 1 is 1.12 bits per heavy atom. The highest BCUT2D eigenvalue weighted by Crippen LogP contribution is 2.49. The van der Waals surface area contributed by atoms with Gasteiger partial charge in [-0.3, -0.25) is 10.1 Å². The summed E-state index contributed by atoms with van der Waals surface area (Å²) in [6.07, 6.45) is 0.365. The van der Waals surface area contributed by atoms with Gasteiger partial charge < -0.3 is 10.1 Å². The summed E-state index contributed by atoms with van der Waals surface area (Å²) in [6.45, 7) is 1.81. The molecule has 3 rings (SSSR count). The van der Waals surface area contributed by atoms with Gasteiger partial charge in [0.25, 0.3) is 5.91 Å². The van der Waals surface area contributed by atoms with Crippen LogP contribution in [0.1, 0.15) is 22.3 Å². The fraction of sp³-hybridized carbons (Fsp3) is 0.222. The summed E-state index contributed by atoms with van der Waals surface area (Å²) in [6, 6.07) is 13.2. The molecule has 0 aromatic heterocycles. The third-order valence-corrected chi connectivity index (χ3v) is 4.57. The maximum atomic E-state index is 12.1. The summed E-state index contributed by atoms with van der Waals surface area (Å²) in [5.41, 5.74) is 1.78. The van der Waals surface area contributed by atoms with Crippen LogP contribution in [0.4, 0.5) is 10.5 Å². The molecule has 7 heteroatoms. The summed E-state index contributed by atoms with van der Waals surface area (Å²) >= 11 is 11.8. The molecule has 25 heavy (non-hydrogen) atoms. The van der Waals surface area contributed by atoms with E-state index in [-0.39, 0.29) is 6.10 Å². The smallest absolute Gasteiger partial charge is 0.326 e. The highest BCUT2D eigenvalue weighted by molar-refractivity contribution is 6.51. The van der Waals surface area contributed by atoms with E-state index in [1.54, 1.807) is 36.4 Å². The van der Waals surface area contributed by atoms with Crippen molar-refractivity contribution in [2.75, 3.05) is 5.32 Å². The molecule has 2 N–H and O–H groups in total. The molecule has 3 amide bonds. The van der Waals surface area contributed by atoms with E-state index in [0.717, 1.165) is 5.56 Å². The zero-order chi connectivity index (χ0) is 18.0. The highest BCUT2D eigenvalue weighted by atomic mass is 35.5. The summed E-state index contributed by atoms with van der Waals surface area (Å²) < 4.78 is 4.78. The number of ether oxygens (including phenoxy) is 1. The van der Waals surface area contributed by atoms with Crippen molar-refractivity contribution >= 4 is 40.8 Å². The number of halogens is 2. The fourth-order valence-electron chi connectivity index (χ4n) is 2.26. The van der Waals surface area contributed by atoms with Gasteiger partial charge in [0.2, 0.25) is 0 Å². The van der Waals surface area contributed by atoms with E-state index in [9.17, 15) is 9.59 Å². The van der Waals surface area contributed by atoms with Gasteiger partial charge in [-0.1, -0.05) is 41.4 Å². The molecule has 1 atom stereocenters. The molecule has 1 unspecified atom stereocenters. The summed E-state index contributed by atoms with van der Waals surface area (Å²) in [5, 5.41) is 4.89. The minimum absolute atomic E-state index is 0.218. The molecule has 0 bridgehead atoms. The van der Waals surface area contributed by atoms with Crippen molar-refractivity contribution in [1.29, 1.82) is 0 Å². The van der Waals surface area contributed by atoms with Gasteiger partial charge in [-0.05, 0) is 42.8 Å². The molecule has 0 saturated heterocycles. The Hall–Kier alpha value is -2.24. The predicted octanol–water partition coefficient (Wildman–Crippen LogP) is 4.28. The topological polar surface area (TPSA) is 67.4 Å². The van der Waals surface area contributed by atoms with Crippen LogP contribution >= 0.6 is 23.2 Å². The second-order valence-electron chi connectivity index (χ2n) is 5.82. The first kappa shape index (κ1) is 17.6. The number of carbonyl (C=O) groups excluding carboxylic acids is 2. The first-order valence-electron chi connectivity index (χ1n) is 7.68. The Kier molecular flexibility index (Phi) is 4.88. The van der Waals surface area contributed by atoms with Crippen LogP contribution in [0.3, 0.4) is 0 Å². The van der Waals surface area contributed by atoms with Crippen LogP contribution in [0.15, 0.2) is 48.5 Å². The molecule has 5 nitrogen and oxygen atoms in total. The number of rotatable bonds is 4. The lowest BCUT2D eigenvalue weighted by atomic mass is 10.1. The van der Waals surface area contributed by atoms with Crippen LogP contribution < -0.4 is 15.4 Å². The SMILES string of the molecule is Cc1ccccc1C(=O)NC(=O)Nc1ccc(OC2CC2(Cl)Cl)cc1. The van der Waals surface area contributed by atoms with Gasteiger partial charge in [0, 0.05) is 17.7 Å². The first-order valence-corrected chi connectivity index (χ1v) is 8.43. The normalized spacial score (nSPS) is 17.5. The van der Waals surface area contributed by atoms with Crippen LogP contribution in [0.25, 0.3) is 0 Å². The average Bonchev–Trinajstić information content (AvgIpc) is 3.15.